The van der Waals surface area contributed by atoms with E-state index in [1.807, 2.05) is 20.8 Å². The largest absolute Gasteiger partial charge is 0.350 e. The maximum absolute atomic E-state index is 13.2. The van der Waals surface area contributed by atoms with Crippen molar-refractivity contribution in [2.24, 2.45) is 11.8 Å². The molecule has 4 rings (SSSR count). The Bertz CT molecular complexity index is 918. The molecule has 0 radical (unpaired) electrons. The second-order valence-corrected chi connectivity index (χ2v) is 13.9. The maximum atomic E-state index is 13.2. The lowest BCUT2D eigenvalue weighted by Crippen LogP contribution is -2.51. The van der Waals surface area contributed by atoms with Gasteiger partial charge in [0.1, 0.15) is 5.78 Å². The third kappa shape index (κ3) is 8.37. The van der Waals surface area contributed by atoms with E-state index < -0.39 is 0 Å². The van der Waals surface area contributed by atoms with Gasteiger partial charge in [-0.1, -0.05) is 25.7 Å². The van der Waals surface area contributed by atoms with E-state index in [9.17, 15) is 9.59 Å². The normalized spacial score (nSPS) is 28.5. The Labute approximate surface area is 231 Å². The van der Waals surface area contributed by atoms with Crippen molar-refractivity contribution in [3.63, 3.8) is 0 Å². The first-order valence-electron chi connectivity index (χ1n) is 15.6. The molecule has 0 aromatic carbocycles. The fourth-order valence-corrected chi connectivity index (χ4v) is 7.61. The van der Waals surface area contributed by atoms with Gasteiger partial charge < -0.3 is 5.32 Å². The van der Waals surface area contributed by atoms with Crippen LogP contribution in [0.1, 0.15) is 134 Å². The number of piperidine rings is 1. The zero-order valence-electron chi connectivity index (χ0n) is 24.9. The predicted molar refractivity (Wildman–Crippen MR) is 155 cm³/mol. The summed E-state index contributed by atoms with van der Waals surface area (Å²) in [6.45, 7) is 11.0. The summed E-state index contributed by atoms with van der Waals surface area (Å²) in [5, 5.41) is 3.13. The van der Waals surface area contributed by atoms with Gasteiger partial charge in [-0.2, -0.15) is 0 Å². The monoisotopic (exact) mass is 523 g/mol. The molecule has 2 unspecified atom stereocenters. The summed E-state index contributed by atoms with van der Waals surface area (Å²) in [7, 11) is 0. The number of fused-ring (bicyclic) bond motifs is 2. The van der Waals surface area contributed by atoms with Gasteiger partial charge in [0.2, 0.25) is 5.91 Å². The highest BCUT2D eigenvalue weighted by Crippen LogP contribution is 2.40. The molecule has 1 saturated carbocycles. The van der Waals surface area contributed by atoms with Crippen LogP contribution in [0.5, 0.6) is 0 Å². The molecule has 1 aliphatic carbocycles. The Balaban J connectivity index is 1.17. The molecule has 0 spiro atoms. The van der Waals surface area contributed by atoms with Gasteiger partial charge in [-0.15, -0.1) is 0 Å². The summed E-state index contributed by atoms with van der Waals surface area (Å²) in [4.78, 5) is 33.0. The Morgan fingerprint density at radius 3 is 2.34 bits per heavy atom. The number of ketones is 1. The van der Waals surface area contributed by atoms with E-state index in [-0.39, 0.29) is 17.4 Å². The van der Waals surface area contributed by atoms with Gasteiger partial charge in [0.15, 0.2) is 0 Å². The highest BCUT2D eigenvalue weighted by molar-refractivity contribution is 5.81. The molecule has 38 heavy (non-hydrogen) atoms. The summed E-state index contributed by atoms with van der Waals surface area (Å²) in [5.74, 6) is 2.19. The number of carbonyl (C=O) groups is 2. The second kappa shape index (κ2) is 13.1. The molecular weight excluding hydrogens is 470 g/mol. The van der Waals surface area contributed by atoms with Crippen LogP contribution in [0.3, 0.4) is 0 Å². The number of pyridine rings is 1. The van der Waals surface area contributed by atoms with Gasteiger partial charge in [-0.05, 0) is 116 Å². The number of rotatable bonds is 9. The van der Waals surface area contributed by atoms with Crippen LogP contribution >= 0.6 is 0 Å². The first-order valence-corrected chi connectivity index (χ1v) is 15.6. The van der Waals surface area contributed by atoms with Crippen LogP contribution < -0.4 is 5.32 Å². The number of hydrogen-bond acceptors (Lipinski definition) is 4. The SMILES string of the molecule is Cc1cc(C)nc(C2CCCCC(C(=O)CCCCC3C[C@H]4CC[C@H](C3)N4CC(=O)NC(C)(C)C)CC2)c1. The maximum Gasteiger partial charge on any atom is 0.234 e. The van der Waals surface area contributed by atoms with Crippen LogP contribution in [0.2, 0.25) is 0 Å². The zero-order valence-corrected chi connectivity index (χ0v) is 24.9. The van der Waals surface area contributed by atoms with Gasteiger partial charge in [0.05, 0.1) is 6.54 Å². The van der Waals surface area contributed by atoms with E-state index in [0.717, 1.165) is 43.7 Å². The minimum absolute atomic E-state index is 0.164. The van der Waals surface area contributed by atoms with Crippen molar-refractivity contribution in [1.29, 1.82) is 0 Å². The van der Waals surface area contributed by atoms with Crippen LogP contribution in [0.15, 0.2) is 12.1 Å². The molecule has 212 valence electrons. The Morgan fingerprint density at radius 2 is 1.66 bits per heavy atom. The molecular formula is C33H53N3O2. The average Bonchev–Trinajstić information content (AvgIpc) is 3.02. The van der Waals surface area contributed by atoms with Crippen molar-refractivity contribution >= 4 is 11.7 Å². The summed E-state index contributed by atoms with van der Waals surface area (Å²) < 4.78 is 0. The van der Waals surface area contributed by atoms with Crippen molar-refractivity contribution in [3.05, 3.63) is 29.1 Å². The van der Waals surface area contributed by atoms with Gasteiger partial charge in [0, 0.05) is 47.3 Å². The molecule has 4 atom stereocenters. The van der Waals surface area contributed by atoms with Crippen molar-refractivity contribution in [2.75, 3.05) is 6.54 Å². The minimum atomic E-state index is -0.166. The Hall–Kier alpha value is -1.75. The average molecular weight is 524 g/mol. The van der Waals surface area contributed by atoms with Crippen molar-refractivity contribution < 1.29 is 9.59 Å². The third-order valence-corrected chi connectivity index (χ3v) is 9.32. The van der Waals surface area contributed by atoms with Gasteiger partial charge in [-0.25, -0.2) is 0 Å². The first kappa shape index (κ1) is 29.2. The van der Waals surface area contributed by atoms with Crippen LogP contribution in [0.25, 0.3) is 0 Å². The Kier molecular flexibility index (Phi) is 10.1. The van der Waals surface area contributed by atoms with Crippen molar-refractivity contribution in [1.82, 2.24) is 15.2 Å². The van der Waals surface area contributed by atoms with E-state index >= 15 is 0 Å². The topological polar surface area (TPSA) is 62.3 Å². The van der Waals surface area contributed by atoms with E-state index in [1.54, 1.807) is 0 Å². The van der Waals surface area contributed by atoms with Crippen molar-refractivity contribution in [3.8, 4) is 0 Å². The summed E-state index contributed by atoms with van der Waals surface area (Å²) in [5.41, 5.74) is 3.48. The predicted octanol–water partition coefficient (Wildman–Crippen LogP) is 7.04. The number of nitrogens with zero attached hydrogens (tertiary/aromatic N) is 2. The molecule has 3 heterocycles. The molecule has 5 heteroatoms. The van der Waals surface area contributed by atoms with Crippen LogP contribution in [-0.4, -0.2) is 45.7 Å². The van der Waals surface area contributed by atoms with Gasteiger partial charge >= 0.3 is 0 Å². The van der Waals surface area contributed by atoms with E-state index in [2.05, 4.69) is 36.2 Å². The molecule has 1 aromatic rings. The lowest BCUT2D eigenvalue weighted by atomic mass is 9.80. The number of unbranched alkanes of at least 4 members (excludes halogenated alkanes) is 1. The number of nitrogens with one attached hydrogen (secondary N) is 1. The smallest absolute Gasteiger partial charge is 0.234 e. The minimum Gasteiger partial charge on any atom is -0.350 e. The molecule has 1 amide bonds. The highest BCUT2D eigenvalue weighted by Gasteiger charge is 2.41. The van der Waals surface area contributed by atoms with E-state index in [4.69, 9.17) is 4.98 Å². The Morgan fingerprint density at radius 1 is 0.947 bits per heavy atom. The van der Waals surface area contributed by atoms with Crippen LogP contribution in [0, 0.1) is 25.7 Å². The molecule has 5 nitrogen and oxygen atoms in total. The van der Waals surface area contributed by atoms with E-state index in [1.165, 1.54) is 69.0 Å². The number of hydrogen-bond donors (Lipinski definition) is 1. The molecule has 2 aliphatic heterocycles. The number of aromatic nitrogens is 1. The summed E-state index contributed by atoms with van der Waals surface area (Å²) in [6.07, 6.45) is 15.9. The molecule has 2 bridgehead atoms. The lowest BCUT2D eigenvalue weighted by molar-refractivity contribution is -0.125. The molecule has 2 saturated heterocycles. The van der Waals surface area contributed by atoms with Crippen molar-refractivity contribution in [2.45, 2.75) is 148 Å². The molecule has 1 aromatic heterocycles. The number of carbonyl (C=O) groups excluding carboxylic acids is 2. The van der Waals surface area contributed by atoms with Crippen LogP contribution in [0.4, 0.5) is 0 Å². The molecule has 3 aliphatic rings. The standard InChI is InChI=1S/C33H53N3O2/c1-23-18-24(2)34-30(19-23)26-11-7-8-12-27(15-14-26)31(37)13-9-6-10-25-20-28-16-17-29(21-25)36(28)22-32(38)35-33(3,4)5/h18-19,25-29H,6-17,20-22H2,1-5H3,(H,35,38)/t26?,27?,28-,29-/m1/s1. The molecule has 1 N–H and O–H groups in total. The first-order chi connectivity index (χ1) is 18.1. The van der Waals surface area contributed by atoms with Gasteiger partial charge in [-0.3, -0.25) is 19.5 Å². The number of Topliss-reactive ketones (excluding diaryl/α,β-unsaturated/α-hetero) is 1. The summed E-state index contributed by atoms with van der Waals surface area (Å²) in [6, 6.07) is 5.55. The number of amides is 1. The lowest BCUT2D eigenvalue weighted by Gasteiger charge is -2.39. The quantitative estimate of drug-likeness (QED) is 0.353. The van der Waals surface area contributed by atoms with Crippen LogP contribution in [-0.2, 0) is 9.59 Å². The second-order valence-electron chi connectivity index (χ2n) is 13.9. The number of aryl methyl sites for hydroxylation is 2. The van der Waals surface area contributed by atoms with E-state index in [0.29, 0.717) is 30.3 Å². The zero-order chi connectivity index (χ0) is 27.3. The highest BCUT2D eigenvalue weighted by atomic mass is 16.2. The third-order valence-electron chi connectivity index (χ3n) is 9.32. The summed E-state index contributed by atoms with van der Waals surface area (Å²) >= 11 is 0. The van der Waals surface area contributed by atoms with Gasteiger partial charge in [0.25, 0.3) is 0 Å². The fourth-order valence-electron chi connectivity index (χ4n) is 7.61. The fraction of sp³-hybridized carbons (Fsp3) is 0.788. The molecule has 3 fully saturated rings.